The average molecular weight is 238 g/mol. The van der Waals surface area contributed by atoms with Gasteiger partial charge >= 0.3 is 6.03 Å². The van der Waals surface area contributed by atoms with Gasteiger partial charge in [0.15, 0.2) is 0 Å². The molecule has 17 heavy (non-hydrogen) atoms. The molecule has 1 aliphatic heterocycles. The van der Waals surface area contributed by atoms with E-state index in [-0.39, 0.29) is 6.03 Å². The minimum Gasteiger partial charge on any atom is -0.378 e. The zero-order valence-corrected chi connectivity index (χ0v) is 10.4. The number of fused-ring (bicyclic) bond motifs is 2. The lowest BCUT2D eigenvalue weighted by Crippen LogP contribution is -2.47. The molecule has 1 heterocycles. The number of nitrogens with one attached hydrogen (secondary N) is 1. The minimum atomic E-state index is 0.107. The zero-order chi connectivity index (χ0) is 11.7. The van der Waals surface area contributed by atoms with E-state index in [9.17, 15) is 4.79 Å². The Morgan fingerprint density at radius 3 is 2.71 bits per heavy atom. The fraction of sp³-hybridized carbons (Fsp3) is 0.923. The Hall–Kier alpha value is -0.770. The topological polar surface area (TPSA) is 41.6 Å². The third-order valence-corrected chi connectivity index (χ3v) is 4.70. The maximum atomic E-state index is 11.9. The number of carbonyl (C=O) groups excluding carboxylic acids is 1. The Morgan fingerprint density at radius 1 is 1.24 bits per heavy atom. The maximum absolute atomic E-state index is 11.9. The molecule has 4 heteroatoms. The second kappa shape index (κ2) is 4.84. The minimum absolute atomic E-state index is 0.107. The summed E-state index contributed by atoms with van der Waals surface area (Å²) in [5.74, 6) is 2.61. The predicted octanol–water partition coefficient (Wildman–Crippen LogP) is 1.46. The normalized spacial score (nSPS) is 36.2. The molecule has 0 aromatic rings. The Morgan fingerprint density at radius 2 is 2.06 bits per heavy atom. The van der Waals surface area contributed by atoms with E-state index in [1.807, 2.05) is 4.90 Å². The van der Waals surface area contributed by atoms with Crippen molar-refractivity contribution in [3.63, 3.8) is 0 Å². The molecule has 3 atom stereocenters. The molecule has 2 bridgehead atoms. The molecule has 0 aromatic carbocycles. The van der Waals surface area contributed by atoms with E-state index in [2.05, 4.69) is 5.32 Å². The highest BCUT2D eigenvalue weighted by atomic mass is 16.5. The van der Waals surface area contributed by atoms with Crippen LogP contribution in [0.25, 0.3) is 0 Å². The summed E-state index contributed by atoms with van der Waals surface area (Å²) in [5.41, 5.74) is 0. The Labute approximate surface area is 103 Å². The molecule has 3 aliphatic rings. The van der Waals surface area contributed by atoms with Crippen LogP contribution in [0.2, 0.25) is 0 Å². The van der Waals surface area contributed by atoms with Gasteiger partial charge in [-0.25, -0.2) is 4.79 Å². The molecule has 1 saturated heterocycles. The summed E-state index contributed by atoms with van der Waals surface area (Å²) in [5, 5.41) is 3.11. The van der Waals surface area contributed by atoms with Crippen molar-refractivity contribution >= 4 is 6.03 Å². The summed E-state index contributed by atoms with van der Waals surface area (Å²) in [7, 11) is 0. The van der Waals surface area contributed by atoms with Crippen molar-refractivity contribution in [3.05, 3.63) is 0 Å². The van der Waals surface area contributed by atoms with E-state index in [0.29, 0.717) is 13.2 Å². The molecule has 3 fully saturated rings. The number of hydrogen-bond donors (Lipinski definition) is 1. The molecule has 1 N–H and O–H groups in total. The van der Waals surface area contributed by atoms with Crippen molar-refractivity contribution < 1.29 is 9.53 Å². The molecule has 0 aromatic heterocycles. The first-order chi connectivity index (χ1) is 8.33. The van der Waals surface area contributed by atoms with Gasteiger partial charge in [-0.3, -0.25) is 0 Å². The van der Waals surface area contributed by atoms with E-state index in [0.717, 1.165) is 37.4 Å². The van der Waals surface area contributed by atoms with Crippen LogP contribution >= 0.6 is 0 Å². The van der Waals surface area contributed by atoms with Gasteiger partial charge in [0.2, 0.25) is 0 Å². The van der Waals surface area contributed by atoms with Crippen LogP contribution in [0.4, 0.5) is 4.79 Å². The molecular weight excluding hydrogens is 216 g/mol. The fourth-order valence-corrected chi connectivity index (χ4v) is 3.72. The van der Waals surface area contributed by atoms with E-state index < -0.39 is 0 Å². The number of hydrogen-bond acceptors (Lipinski definition) is 2. The maximum Gasteiger partial charge on any atom is 0.317 e. The van der Waals surface area contributed by atoms with E-state index in [1.54, 1.807) is 0 Å². The van der Waals surface area contributed by atoms with Crippen LogP contribution in [-0.4, -0.2) is 43.8 Å². The van der Waals surface area contributed by atoms with Gasteiger partial charge in [-0.1, -0.05) is 6.42 Å². The van der Waals surface area contributed by atoms with Gasteiger partial charge in [0.1, 0.15) is 0 Å². The van der Waals surface area contributed by atoms with Crippen molar-refractivity contribution in [2.45, 2.75) is 25.7 Å². The first-order valence-electron chi connectivity index (χ1n) is 6.93. The first kappa shape index (κ1) is 11.3. The third-order valence-electron chi connectivity index (χ3n) is 4.70. The average Bonchev–Trinajstić information content (AvgIpc) is 2.99. The van der Waals surface area contributed by atoms with E-state index >= 15 is 0 Å². The molecule has 2 saturated carbocycles. The third kappa shape index (κ3) is 2.41. The highest BCUT2D eigenvalue weighted by Gasteiger charge is 2.39. The number of morpholine rings is 1. The lowest BCUT2D eigenvalue weighted by molar-refractivity contribution is 0.0528. The first-order valence-corrected chi connectivity index (χ1v) is 6.93. The standard InChI is InChI=1S/C13H22N2O2/c16-13(15-3-5-17-6-4-15)14-9-12-8-10-1-2-11(12)7-10/h10-12H,1-9H2,(H,14,16)/t10-,11+,12-/m1/s1. The number of ether oxygens (including phenoxy) is 1. The van der Waals surface area contributed by atoms with Crippen LogP contribution in [0.15, 0.2) is 0 Å². The quantitative estimate of drug-likeness (QED) is 0.791. The molecule has 2 amide bonds. The summed E-state index contributed by atoms with van der Waals surface area (Å²) in [4.78, 5) is 13.8. The molecule has 2 aliphatic carbocycles. The highest BCUT2D eigenvalue weighted by Crippen LogP contribution is 2.47. The van der Waals surface area contributed by atoms with Crippen molar-refractivity contribution in [2.75, 3.05) is 32.8 Å². The number of rotatable bonds is 2. The van der Waals surface area contributed by atoms with E-state index in [1.165, 1.54) is 25.7 Å². The monoisotopic (exact) mass is 238 g/mol. The zero-order valence-electron chi connectivity index (χ0n) is 10.4. The molecule has 96 valence electrons. The molecule has 0 unspecified atom stereocenters. The van der Waals surface area contributed by atoms with Crippen LogP contribution in [0.1, 0.15) is 25.7 Å². The second-order valence-corrected chi connectivity index (χ2v) is 5.72. The lowest BCUT2D eigenvalue weighted by atomic mass is 9.89. The Kier molecular flexibility index (Phi) is 3.23. The molecule has 0 radical (unpaired) electrons. The number of urea groups is 1. The number of nitrogens with zero attached hydrogens (tertiary/aromatic N) is 1. The van der Waals surface area contributed by atoms with Gasteiger partial charge < -0.3 is 15.0 Å². The lowest BCUT2D eigenvalue weighted by Gasteiger charge is -2.28. The summed E-state index contributed by atoms with van der Waals surface area (Å²) in [6.45, 7) is 3.73. The van der Waals surface area contributed by atoms with Crippen LogP contribution in [0, 0.1) is 17.8 Å². The van der Waals surface area contributed by atoms with Crippen LogP contribution in [0.3, 0.4) is 0 Å². The summed E-state index contributed by atoms with van der Waals surface area (Å²) in [6.07, 6.45) is 5.58. The predicted molar refractivity (Wildman–Crippen MR) is 64.7 cm³/mol. The van der Waals surface area contributed by atoms with Gasteiger partial charge in [-0.2, -0.15) is 0 Å². The molecule has 3 rings (SSSR count). The molecule has 4 nitrogen and oxygen atoms in total. The van der Waals surface area contributed by atoms with Crippen LogP contribution in [0.5, 0.6) is 0 Å². The van der Waals surface area contributed by atoms with Gasteiger partial charge in [0.25, 0.3) is 0 Å². The Balaban J connectivity index is 1.43. The molecular formula is C13H22N2O2. The highest BCUT2D eigenvalue weighted by molar-refractivity contribution is 5.74. The largest absolute Gasteiger partial charge is 0.378 e. The van der Waals surface area contributed by atoms with Crippen LogP contribution in [-0.2, 0) is 4.74 Å². The van der Waals surface area contributed by atoms with Crippen molar-refractivity contribution in [3.8, 4) is 0 Å². The van der Waals surface area contributed by atoms with E-state index in [4.69, 9.17) is 4.74 Å². The summed E-state index contributed by atoms with van der Waals surface area (Å²) in [6, 6.07) is 0.107. The summed E-state index contributed by atoms with van der Waals surface area (Å²) >= 11 is 0. The van der Waals surface area contributed by atoms with Gasteiger partial charge in [0.05, 0.1) is 13.2 Å². The fourth-order valence-electron chi connectivity index (χ4n) is 3.72. The Bertz CT molecular complexity index is 289. The van der Waals surface area contributed by atoms with Gasteiger partial charge in [-0.15, -0.1) is 0 Å². The smallest absolute Gasteiger partial charge is 0.317 e. The van der Waals surface area contributed by atoms with Crippen molar-refractivity contribution in [1.82, 2.24) is 10.2 Å². The van der Waals surface area contributed by atoms with Crippen molar-refractivity contribution in [2.24, 2.45) is 17.8 Å². The molecule has 0 spiro atoms. The summed E-state index contributed by atoms with van der Waals surface area (Å²) < 4.78 is 5.25. The van der Waals surface area contributed by atoms with Crippen molar-refractivity contribution in [1.29, 1.82) is 0 Å². The number of amides is 2. The second-order valence-electron chi connectivity index (χ2n) is 5.72. The SMILES string of the molecule is O=C(NC[C@H]1C[C@@H]2CC[C@H]1C2)N1CCOCC1. The number of carbonyl (C=O) groups is 1. The van der Waals surface area contributed by atoms with Gasteiger partial charge in [0, 0.05) is 19.6 Å². The van der Waals surface area contributed by atoms with Gasteiger partial charge in [-0.05, 0) is 37.0 Å². The van der Waals surface area contributed by atoms with Crippen LogP contribution < -0.4 is 5.32 Å².